The van der Waals surface area contributed by atoms with Gasteiger partial charge in [-0.1, -0.05) is 13.8 Å². The second kappa shape index (κ2) is 34.0. The molecule has 0 aromatic rings. The minimum Gasteiger partial charge on any atom is -0.389 e. The molecule has 12 atom stereocenters. The summed E-state index contributed by atoms with van der Waals surface area (Å²) in [7, 11) is 5.22. The summed E-state index contributed by atoms with van der Waals surface area (Å²) in [6.07, 6.45) is -15.1. The van der Waals surface area contributed by atoms with E-state index in [0.717, 1.165) is 19.5 Å². The van der Waals surface area contributed by atoms with Crippen LogP contribution < -0.4 is 0 Å². The van der Waals surface area contributed by atoms with E-state index < -0.39 is 73.2 Å². The summed E-state index contributed by atoms with van der Waals surface area (Å²) in [6.45, 7) is 18.7. The topological polar surface area (TPSA) is 289 Å². The molecule has 0 radical (unpaired) electrons. The van der Waals surface area contributed by atoms with Gasteiger partial charge in [-0.2, -0.15) is 5.06 Å². The summed E-state index contributed by atoms with van der Waals surface area (Å²) in [6, 6.07) is 0. The first-order valence-electron chi connectivity index (χ1n) is 19.6. The van der Waals surface area contributed by atoms with Crippen LogP contribution >= 0.6 is 0 Å². The Kier molecular flexibility index (Phi) is 36.2. The number of hydroxylamine groups is 2. The van der Waals surface area contributed by atoms with E-state index in [1.165, 1.54) is 5.06 Å². The predicted octanol–water partition coefficient (Wildman–Crippen LogP) is -3.26. The van der Waals surface area contributed by atoms with Crippen LogP contribution in [0.15, 0.2) is 0 Å². The maximum atomic E-state index is 9.81. The lowest BCUT2D eigenvalue weighted by Gasteiger charge is -2.29. The molecule has 56 heavy (non-hydrogen) atoms. The van der Waals surface area contributed by atoms with Crippen molar-refractivity contribution in [2.45, 2.75) is 160 Å². The molecular formula is C37H83N3O16. The molecule has 19 nitrogen and oxygen atoms in total. The van der Waals surface area contributed by atoms with Gasteiger partial charge in [-0.15, -0.1) is 0 Å². The Balaban J connectivity index is -0.000000753. The van der Waals surface area contributed by atoms with Crippen molar-refractivity contribution in [1.82, 2.24) is 14.9 Å². The molecule has 342 valence electrons. The lowest BCUT2D eigenvalue weighted by Crippen LogP contribution is -2.49. The second-order valence-corrected chi connectivity index (χ2v) is 14.8. The van der Waals surface area contributed by atoms with Gasteiger partial charge in [-0.3, -0.25) is 4.84 Å². The quantitative estimate of drug-likeness (QED) is 0.0330. The molecule has 0 saturated carbocycles. The van der Waals surface area contributed by atoms with Gasteiger partial charge in [0.1, 0.15) is 54.9 Å². The van der Waals surface area contributed by atoms with Crippen LogP contribution in [0.3, 0.4) is 0 Å². The minimum absolute atomic E-state index is 0.0177. The average Bonchev–Trinajstić information content (AvgIpc) is 3.13. The highest BCUT2D eigenvalue weighted by molar-refractivity contribution is 4.84. The van der Waals surface area contributed by atoms with Crippen LogP contribution in [0.1, 0.15) is 68.7 Å². The van der Waals surface area contributed by atoms with E-state index in [-0.39, 0.29) is 57.8 Å². The predicted molar refractivity (Wildman–Crippen MR) is 211 cm³/mol. The Morgan fingerprint density at radius 2 is 0.696 bits per heavy atom. The number of ether oxygens (including phenoxy) is 3. The SMILES string of the molecule is CCCN(C)CC(O)[C@@H](O)[C@H](O)[C@H](O)COC(C)C.CCN(C)CC(O)[C@@H](O)[C@H](O)[C@H](O)COC(C)C.CCON(C)CC(O)[C@@H](O)[C@H](O)[C@H](O)COC(C)C. The van der Waals surface area contributed by atoms with Crippen LogP contribution in [0, 0.1) is 0 Å². The number of likely N-dealkylation sites (N-methyl/N-ethyl adjacent to an activating group) is 3. The molecule has 0 heterocycles. The number of hydrogen-bond acceptors (Lipinski definition) is 19. The number of hydrogen-bond donors (Lipinski definition) is 12. The van der Waals surface area contributed by atoms with Gasteiger partial charge < -0.3 is 85.3 Å². The fraction of sp³-hybridized carbons (Fsp3) is 1.00. The fourth-order valence-corrected chi connectivity index (χ4v) is 4.64. The van der Waals surface area contributed by atoms with Gasteiger partial charge in [0.15, 0.2) is 0 Å². The first-order chi connectivity index (χ1) is 25.9. The summed E-state index contributed by atoms with van der Waals surface area (Å²) in [5.74, 6) is 0. The van der Waals surface area contributed by atoms with Crippen molar-refractivity contribution in [1.29, 1.82) is 0 Å². The molecule has 0 amide bonds. The molecular weight excluding hydrogens is 742 g/mol. The van der Waals surface area contributed by atoms with Gasteiger partial charge >= 0.3 is 0 Å². The summed E-state index contributed by atoms with van der Waals surface area (Å²) >= 11 is 0. The van der Waals surface area contributed by atoms with E-state index in [2.05, 4.69) is 0 Å². The zero-order valence-electron chi connectivity index (χ0n) is 36.1. The Morgan fingerprint density at radius 3 is 0.964 bits per heavy atom. The van der Waals surface area contributed by atoms with Crippen LogP contribution in [0.25, 0.3) is 0 Å². The molecule has 0 aromatic carbocycles. The zero-order valence-corrected chi connectivity index (χ0v) is 36.1. The fourth-order valence-electron chi connectivity index (χ4n) is 4.64. The summed E-state index contributed by atoms with van der Waals surface area (Å²) in [5, 5.41) is 118. The van der Waals surface area contributed by atoms with Crippen molar-refractivity contribution < 1.29 is 80.3 Å². The molecule has 0 aliphatic heterocycles. The van der Waals surface area contributed by atoms with E-state index in [4.69, 9.17) is 19.0 Å². The summed E-state index contributed by atoms with van der Waals surface area (Å²) < 4.78 is 15.4. The average molecular weight is 826 g/mol. The van der Waals surface area contributed by atoms with Crippen LogP contribution in [0.2, 0.25) is 0 Å². The van der Waals surface area contributed by atoms with Gasteiger partial charge in [-0.05, 0) is 82.1 Å². The molecule has 0 aromatic heterocycles. The van der Waals surface area contributed by atoms with Crippen LogP contribution in [-0.4, -0.2) is 248 Å². The van der Waals surface area contributed by atoms with Gasteiger partial charge in [0.2, 0.25) is 0 Å². The highest BCUT2D eigenvalue weighted by Crippen LogP contribution is 2.10. The third kappa shape index (κ3) is 29.4. The number of aliphatic hydroxyl groups excluding tert-OH is 12. The van der Waals surface area contributed by atoms with Crippen molar-refractivity contribution in [3.05, 3.63) is 0 Å². The van der Waals surface area contributed by atoms with Crippen molar-refractivity contribution >= 4 is 0 Å². The van der Waals surface area contributed by atoms with Crippen molar-refractivity contribution in [3.63, 3.8) is 0 Å². The second-order valence-electron chi connectivity index (χ2n) is 14.8. The molecule has 0 bridgehead atoms. The molecule has 19 heteroatoms. The standard InChI is InChI=1S/C13H29NO5.C12H27NO6.C12H27NO5/c1-5-6-14(4)7-10(15)12(17)13(18)11(16)8-19-9(2)3;1-5-19-13(4)6-9(14)11(16)12(17)10(15)7-18-8(2)3;1-5-13(4)6-9(14)11(16)12(17)10(15)7-18-8(2)3/h9-13,15-18H,5-8H2,1-4H3;8-12,14-17H,5-7H2,1-4H3;8-12,14-17H,5-7H2,1-4H3/t10?,11-,12-,13-;2*9?,10-,11-,12-/m111/s1. The molecule has 0 fully saturated rings. The van der Waals surface area contributed by atoms with Crippen LogP contribution in [0.5, 0.6) is 0 Å². The Labute approximate surface area is 335 Å². The highest BCUT2D eigenvalue weighted by Gasteiger charge is 2.33. The maximum Gasteiger partial charge on any atom is 0.111 e. The largest absolute Gasteiger partial charge is 0.389 e. The summed E-state index contributed by atoms with van der Waals surface area (Å²) in [5.41, 5.74) is 0. The molecule has 12 N–H and O–H groups in total. The first-order valence-corrected chi connectivity index (χ1v) is 19.6. The third-order valence-corrected chi connectivity index (χ3v) is 8.15. The highest BCUT2D eigenvalue weighted by atomic mass is 16.7. The van der Waals surface area contributed by atoms with Crippen LogP contribution in [-0.2, 0) is 19.0 Å². The van der Waals surface area contributed by atoms with E-state index in [1.807, 2.05) is 39.6 Å². The minimum atomic E-state index is -1.48. The van der Waals surface area contributed by atoms with E-state index >= 15 is 0 Å². The van der Waals surface area contributed by atoms with Crippen molar-refractivity contribution in [3.8, 4) is 0 Å². The third-order valence-electron chi connectivity index (χ3n) is 8.15. The van der Waals surface area contributed by atoms with Gasteiger partial charge in [-0.25, -0.2) is 0 Å². The zero-order chi connectivity index (χ0) is 44.3. The molecule has 0 aliphatic rings. The molecule has 0 saturated heterocycles. The maximum absolute atomic E-state index is 9.81. The molecule has 0 rings (SSSR count). The molecule has 0 spiro atoms. The molecule has 3 unspecified atom stereocenters. The Bertz CT molecular complexity index is 840. The van der Waals surface area contributed by atoms with Gasteiger partial charge in [0.25, 0.3) is 0 Å². The normalized spacial score (nSPS) is 18.8. The number of nitrogens with zero attached hydrogens (tertiary/aromatic N) is 3. The number of rotatable bonds is 29. The smallest absolute Gasteiger partial charge is 0.111 e. The number of aliphatic hydroxyl groups is 12. The Morgan fingerprint density at radius 1 is 0.411 bits per heavy atom. The first kappa shape index (κ1) is 59.6. The van der Waals surface area contributed by atoms with Crippen molar-refractivity contribution in [2.24, 2.45) is 0 Å². The Hall–Kier alpha value is -0.760. The summed E-state index contributed by atoms with van der Waals surface area (Å²) in [4.78, 5) is 8.74. The van der Waals surface area contributed by atoms with E-state index in [9.17, 15) is 61.3 Å². The van der Waals surface area contributed by atoms with Gasteiger partial charge in [0, 0.05) is 20.1 Å². The van der Waals surface area contributed by atoms with E-state index in [1.54, 1.807) is 53.6 Å². The van der Waals surface area contributed by atoms with Gasteiger partial charge in [0.05, 0.1) is 69.6 Å². The monoisotopic (exact) mass is 826 g/mol. The lowest BCUT2D eigenvalue weighted by molar-refractivity contribution is -0.178. The van der Waals surface area contributed by atoms with Crippen LogP contribution in [0.4, 0.5) is 0 Å². The van der Waals surface area contributed by atoms with E-state index in [0.29, 0.717) is 6.61 Å². The van der Waals surface area contributed by atoms with Crippen molar-refractivity contribution in [2.75, 3.05) is 80.3 Å². The lowest BCUT2D eigenvalue weighted by atomic mass is 10.0. The molecule has 0 aliphatic carbocycles.